The zero-order valence-electron chi connectivity index (χ0n) is 16.4. The molecule has 28 heavy (non-hydrogen) atoms. The van der Waals surface area contributed by atoms with Crippen molar-refractivity contribution in [1.82, 2.24) is 10.6 Å². The molecule has 0 aliphatic rings. The van der Waals surface area contributed by atoms with Crippen LogP contribution in [0.1, 0.15) is 17.5 Å². The normalized spacial score (nSPS) is 11.7. The van der Waals surface area contributed by atoms with Gasteiger partial charge in [-0.1, -0.05) is 12.1 Å². The van der Waals surface area contributed by atoms with E-state index in [1.165, 1.54) is 0 Å². The topological polar surface area (TPSA) is 64.1 Å². The third-order valence-electron chi connectivity index (χ3n) is 3.47. The molecule has 0 heterocycles. The molecule has 0 fully saturated rings. The lowest BCUT2D eigenvalue weighted by atomic mass is 10.1. The van der Waals surface area contributed by atoms with Crippen LogP contribution in [0.4, 0.5) is 13.2 Å². The molecule has 2 N–H and O–H groups in total. The molecule has 1 rings (SSSR count). The molecule has 162 valence electrons. The molecule has 0 bridgehead atoms. The first kappa shape index (κ1) is 26.7. The molecule has 0 radical (unpaired) electrons. The van der Waals surface area contributed by atoms with E-state index >= 15 is 0 Å². The second kappa shape index (κ2) is 14.7. The van der Waals surface area contributed by atoms with Crippen LogP contribution in [0.25, 0.3) is 0 Å². The van der Waals surface area contributed by atoms with Crippen LogP contribution in [0.15, 0.2) is 23.2 Å². The van der Waals surface area contributed by atoms with Crippen molar-refractivity contribution >= 4 is 29.9 Å². The molecule has 0 aliphatic carbocycles. The van der Waals surface area contributed by atoms with Gasteiger partial charge in [-0.25, -0.2) is 0 Å². The first-order chi connectivity index (χ1) is 12.9. The number of hydrogen-bond donors (Lipinski definition) is 2. The smallest absolute Gasteiger partial charge is 0.422 e. The highest BCUT2D eigenvalue weighted by molar-refractivity contribution is 14.0. The Morgan fingerprint density at radius 3 is 2.54 bits per heavy atom. The summed E-state index contributed by atoms with van der Waals surface area (Å²) >= 11 is 0. The molecule has 0 unspecified atom stereocenters. The maximum atomic E-state index is 12.4. The van der Waals surface area contributed by atoms with Crippen molar-refractivity contribution < 1.29 is 27.4 Å². The fourth-order valence-electron chi connectivity index (χ4n) is 2.13. The second-order valence-electron chi connectivity index (χ2n) is 5.83. The van der Waals surface area contributed by atoms with Crippen molar-refractivity contribution in [2.75, 3.05) is 47.1 Å². The van der Waals surface area contributed by atoms with Crippen LogP contribution >= 0.6 is 24.0 Å². The minimum atomic E-state index is -4.38. The van der Waals surface area contributed by atoms with E-state index in [1.54, 1.807) is 33.2 Å². The van der Waals surface area contributed by atoms with Crippen LogP contribution in [0.3, 0.4) is 0 Å². The number of methoxy groups -OCH3 is 1. The molecule has 1 aromatic rings. The lowest BCUT2D eigenvalue weighted by molar-refractivity contribution is -0.153. The standard InChI is InChI=1S/C18H28F3N3O3.HI/c1-14-5-6-15(16(11-14)27-13-18(19,20)21)12-24-17(22-2)23-7-4-8-26-10-9-25-3;/h5-6,11H,4,7-10,12-13H2,1-3H3,(H2,22,23,24);1H. The van der Waals surface area contributed by atoms with E-state index in [4.69, 9.17) is 14.2 Å². The molecule has 6 nitrogen and oxygen atoms in total. The molecule has 0 spiro atoms. The van der Waals surface area contributed by atoms with Gasteiger partial charge in [-0.15, -0.1) is 24.0 Å². The molecule has 0 saturated heterocycles. The van der Waals surface area contributed by atoms with Crippen molar-refractivity contribution in [3.05, 3.63) is 29.3 Å². The Morgan fingerprint density at radius 1 is 1.14 bits per heavy atom. The van der Waals surface area contributed by atoms with Gasteiger partial charge in [0.1, 0.15) is 5.75 Å². The Bertz CT molecular complexity index is 587. The van der Waals surface area contributed by atoms with Gasteiger partial charge in [0.05, 0.1) is 13.2 Å². The van der Waals surface area contributed by atoms with E-state index in [2.05, 4.69) is 15.6 Å². The van der Waals surface area contributed by atoms with Crippen LogP contribution in [-0.4, -0.2) is 59.3 Å². The maximum Gasteiger partial charge on any atom is 0.422 e. The molecule has 0 amide bonds. The predicted octanol–water partition coefficient (Wildman–Crippen LogP) is 3.27. The summed E-state index contributed by atoms with van der Waals surface area (Å²) in [7, 11) is 3.24. The van der Waals surface area contributed by atoms with Gasteiger partial charge in [0.25, 0.3) is 0 Å². The van der Waals surface area contributed by atoms with E-state index in [9.17, 15) is 13.2 Å². The number of benzene rings is 1. The minimum absolute atomic E-state index is 0. The van der Waals surface area contributed by atoms with E-state index in [0.717, 1.165) is 12.0 Å². The predicted molar refractivity (Wildman–Crippen MR) is 114 cm³/mol. The molecule has 0 aliphatic heterocycles. The summed E-state index contributed by atoms with van der Waals surface area (Å²) in [6.45, 7) is 3.13. The third kappa shape index (κ3) is 12.2. The van der Waals surface area contributed by atoms with Gasteiger partial charge in [-0.05, 0) is 25.0 Å². The first-order valence-corrected chi connectivity index (χ1v) is 8.66. The van der Waals surface area contributed by atoms with Crippen LogP contribution in [0.2, 0.25) is 0 Å². The zero-order valence-corrected chi connectivity index (χ0v) is 18.7. The van der Waals surface area contributed by atoms with Crippen molar-refractivity contribution in [2.45, 2.75) is 26.1 Å². The Kier molecular flexibility index (Phi) is 14.0. The fraction of sp³-hybridized carbons (Fsp3) is 0.611. The number of alkyl halides is 3. The number of rotatable bonds is 11. The Hall–Kier alpha value is -1.27. The molecule has 0 aromatic heterocycles. The van der Waals surface area contributed by atoms with Crippen LogP contribution in [0.5, 0.6) is 5.75 Å². The summed E-state index contributed by atoms with van der Waals surface area (Å²) in [5.74, 6) is 0.760. The fourth-order valence-corrected chi connectivity index (χ4v) is 2.13. The summed E-state index contributed by atoms with van der Waals surface area (Å²) in [6.07, 6.45) is -3.59. The van der Waals surface area contributed by atoms with Gasteiger partial charge in [-0.3, -0.25) is 4.99 Å². The number of aliphatic imine (C=N–C) groups is 1. The van der Waals surface area contributed by atoms with Gasteiger partial charge in [0, 0.05) is 39.4 Å². The molecular formula is C18H29F3IN3O3. The van der Waals surface area contributed by atoms with Gasteiger partial charge < -0.3 is 24.8 Å². The zero-order chi connectivity index (χ0) is 20.1. The van der Waals surface area contributed by atoms with E-state index in [-0.39, 0.29) is 36.3 Å². The summed E-state index contributed by atoms with van der Waals surface area (Å²) in [5, 5.41) is 6.20. The van der Waals surface area contributed by atoms with Gasteiger partial charge in [0.2, 0.25) is 0 Å². The lowest BCUT2D eigenvalue weighted by Gasteiger charge is -2.16. The van der Waals surface area contributed by atoms with E-state index in [1.807, 2.05) is 6.07 Å². The quantitative estimate of drug-likeness (QED) is 0.204. The van der Waals surface area contributed by atoms with E-state index < -0.39 is 12.8 Å². The van der Waals surface area contributed by atoms with Crippen LogP contribution in [-0.2, 0) is 16.0 Å². The number of halogens is 4. The maximum absolute atomic E-state index is 12.4. The van der Waals surface area contributed by atoms with Gasteiger partial charge in [-0.2, -0.15) is 13.2 Å². The number of nitrogens with zero attached hydrogens (tertiary/aromatic N) is 1. The summed E-state index contributed by atoms with van der Waals surface area (Å²) in [6, 6.07) is 5.16. The molecule has 10 heteroatoms. The highest BCUT2D eigenvalue weighted by Crippen LogP contribution is 2.23. The van der Waals surface area contributed by atoms with Gasteiger partial charge in [0.15, 0.2) is 12.6 Å². The highest BCUT2D eigenvalue weighted by Gasteiger charge is 2.28. The van der Waals surface area contributed by atoms with Crippen LogP contribution in [0, 0.1) is 6.92 Å². The van der Waals surface area contributed by atoms with Crippen molar-refractivity contribution in [1.29, 1.82) is 0 Å². The lowest BCUT2D eigenvalue weighted by Crippen LogP contribution is -2.37. The van der Waals surface area contributed by atoms with Crippen LogP contribution < -0.4 is 15.4 Å². The largest absolute Gasteiger partial charge is 0.484 e. The summed E-state index contributed by atoms with van der Waals surface area (Å²) in [5.41, 5.74) is 1.45. The SMILES string of the molecule is CN=C(NCCCOCCOC)NCc1ccc(C)cc1OCC(F)(F)F.I. The average molecular weight is 519 g/mol. The van der Waals surface area contributed by atoms with Crippen molar-refractivity contribution in [2.24, 2.45) is 4.99 Å². The number of hydrogen-bond acceptors (Lipinski definition) is 4. The first-order valence-electron chi connectivity index (χ1n) is 8.66. The second-order valence-corrected chi connectivity index (χ2v) is 5.83. The summed E-state index contributed by atoms with van der Waals surface area (Å²) < 4.78 is 52.5. The third-order valence-corrected chi connectivity index (χ3v) is 3.47. The van der Waals surface area contributed by atoms with E-state index in [0.29, 0.717) is 37.9 Å². The Balaban J connectivity index is 0.00000729. The minimum Gasteiger partial charge on any atom is -0.484 e. The molecule has 0 saturated carbocycles. The van der Waals surface area contributed by atoms with Gasteiger partial charge >= 0.3 is 6.18 Å². The molecule has 0 atom stereocenters. The summed E-state index contributed by atoms with van der Waals surface area (Å²) in [4.78, 5) is 4.10. The highest BCUT2D eigenvalue weighted by atomic mass is 127. The number of ether oxygens (including phenoxy) is 3. The average Bonchev–Trinajstić information content (AvgIpc) is 2.62. The number of aryl methyl sites for hydroxylation is 1. The van der Waals surface area contributed by atoms with Crippen molar-refractivity contribution in [3.63, 3.8) is 0 Å². The Labute approximate surface area is 181 Å². The number of guanidine groups is 1. The molecule has 1 aromatic carbocycles. The molecular weight excluding hydrogens is 490 g/mol. The monoisotopic (exact) mass is 519 g/mol. The van der Waals surface area contributed by atoms with Crippen molar-refractivity contribution in [3.8, 4) is 5.75 Å². The number of nitrogens with one attached hydrogen (secondary N) is 2. The Morgan fingerprint density at radius 2 is 1.89 bits per heavy atom.